The smallest absolute Gasteiger partial charge is 0.350 e. The number of carbonyl (C=O) groups is 3. The van der Waals surface area contributed by atoms with Crippen molar-refractivity contribution in [3.05, 3.63) is 111 Å². The molecule has 1 saturated heterocycles. The van der Waals surface area contributed by atoms with Crippen LogP contribution in [0.4, 0.5) is 5.13 Å². The molecule has 3 aromatic carbocycles. The number of hydrogen-bond donors (Lipinski definition) is 1. The molecule has 9 nitrogen and oxygen atoms in total. The molecule has 1 amide bonds. The Bertz CT molecular complexity index is 1730. The van der Waals surface area contributed by atoms with Gasteiger partial charge in [-0.25, -0.2) is 9.78 Å². The molecule has 220 valence electrons. The number of aliphatic hydroxyl groups excluding tert-OH is 1. The standard InChI is InChI=1S/C33H30N2O7S/c1-5-41-32(39)30-20(3)34-33(43-30)35-27(22-11-8-12-25(17-22)40-4)26(29(37)31(35)38)28(36)21-13-15-24(16-14-21)42-18-23-10-7-6-9-19(23)2/h6-17,27,36H,5,18H2,1-4H3. The van der Waals surface area contributed by atoms with Crippen LogP contribution in [0.5, 0.6) is 11.5 Å². The van der Waals surface area contributed by atoms with Crippen molar-refractivity contribution in [3.63, 3.8) is 0 Å². The van der Waals surface area contributed by atoms with Gasteiger partial charge in [0.1, 0.15) is 28.7 Å². The number of ketones is 1. The SMILES string of the molecule is CCOC(=O)c1sc(N2C(=O)C(=O)C(=C(O)c3ccc(OCc4ccccc4C)cc3)C2c2cccc(OC)c2)nc1C. The molecule has 1 aliphatic rings. The maximum absolute atomic E-state index is 13.5. The Morgan fingerprint density at radius 3 is 2.44 bits per heavy atom. The highest BCUT2D eigenvalue weighted by atomic mass is 32.1. The average molecular weight is 599 g/mol. The first-order chi connectivity index (χ1) is 20.7. The van der Waals surface area contributed by atoms with Crippen LogP contribution in [0.3, 0.4) is 0 Å². The number of Topliss-reactive ketones (excluding diaryl/α,β-unsaturated/α-hetero) is 1. The molecule has 1 N–H and O–H groups in total. The highest BCUT2D eigenvalue weighted by Gasteiger charge is 2.48. The number of amides is 1. The Morgan fingerprint density at radius 2 is 1.74 bits per heavy atom. The molecular formula is C33H30N2O7S. The van der Waals surface area contributed by atoms with Gasteiger partial charge in [0.15, 0.2) is 5.13 Å². The summed E-state index contributed by atoms with van der Waals surface area (Å²) in [4.78, 5) is 45.5. The third-order valence-electron chi connectivity index (χ3n) is 7.09. The average Bonchev–Trinajstić information content (AvgIpc) is 3.53. The van der Waals surface area contributed by atoms with Gasteiger partial charge in [-0.15, -0.1) is 0 Å². The van der Waals surface area contributed by atoms with Crippen molar-refractivity contribution in [2.45, 2.75) is 33.4 Å². The van der Waals surface area contributed by atoms with E-state index < -0.39 is 23.7 Å². The first-order valence-electron chi connectivity index (χ1n) is 13.6. The topological polar surface area (TPSA) is 115 Å². The largest absolute Gasteiger partial charge is 0.507 e. The maximum atomic E-state index is 13.5. The lowest BCUT2D eigenvalue weighted by Crippen LogP contribution is -2.29. The summed E-state index contributed by atoms with van der Waals surface area (Å²) in [5.74, 6) is -1.59. The first kappa shape index (κ1) is 29.5. The van der Waals surface area contributed by atoms with Crippen molar-refractivity contribution in [1.82, 2.24) is 4.98 Å². The van der Waals surface area contributed by atoms with Crippen LogP contribution in [-0.4, -0.2) is 41.5 Å². The lowest BCUT2D eigenvalue weighted by molar-refractivity contribution is -0.132. The summed E-state index contributed by atoms with van der Waals surface area (Å²) in [6.07, 6.45) is 0. The van der Waals surface area contributed by atoms with Crippen LogP contribution in [0.25, 0.3) is 5.76 Å². The quantitative estimate of drug-likeness (QED) is 0.106. The lowest BCUT2D eigenvalue weighted by Gasteiger charge is -2.23. The van der Waals surface area contributed by atoms with Gasteiger partial charge in [-0.05, 0) is 73.9 Å². The third-order valence-corrected chi connectivity index (χ3v) is 8.23. The van der Waals surface area contributed by atoms with E-state index in [1.807, 2.05) is 31.2 Å². The van der Waals surface area contributed by atoms with E-state index in [-0.39, 0.29) is 27.9 Å². The van der Waals surface area contributed by atoms with Gasteiger partial charge in [0.25, 0.3) is 5.78 Å². The molecule has 5 rings (SSSR count). The number of aromatic nitrogens is 1. The predicted molar refractivity (Wildman–Crippen MR) is 163 cm³/mol. The van der Waals surface area contributed by atoms with Crippen molar-refractivity contribution < 1.29 is 33.7 Å². The summed E-state index contributed by atoms with van der Waals surface area (Å²) in [6, 6.07) is 20.4. The summed E-state index contributed by atoms with van der Waals surface area (Å²) in [5, 5.41) is 11.6. The number of esters is 1. The predicted octanol–water partition coefficient (Wildman–Crippen LogP) is 6.15. The second-order valence-electron chi connectivity index (χ2n) is 9.82. The van der Waals surface area contributed by atoms with Crippen LogP contribution in [0.1, 0.15) is 50.6 Å². The van der Waals surface area contributed by atoms with Gasteiger partial charge in [0.05, 0.1) is 31.0 Å². The molecular weight excluding hydrogens is 568 g/mol. The van der Waals surface area contributed by atoms with Crippen molar-refractivity contribution in [3.8, 4) is 11.5 Å². The van der Waals surface area contributed by atoms with E-state index in [0.29, 0.717) is 34.9 Å². The van der Waals surface area contributed by atoms with Gasteiger partial charge >= 0.3 is 11.9 Å². The van der Waals surface area contributed by atoms with Gasteiger partial charge in [-0.1, -0.05) is 47.7 Å². The molecule has 0 bridgehead atoms. The molecule has 0 spiro atoms. The number of anilines is 1. The Hall–Kier alpha value is -4.96. The van der Waals surface area contributed by atoms with E-state index in [1.165, 1.54) is 12.0 Å². The molecule has 10 heteroatoms. The number of thiazole rings is 1. The molecule has 2 heterocycles. The second-order valence-corrected chi connectivity index (χ2v) is 10.8. The summed E-state index contributed by atoms with van der Waals surface area (Å²) < 4.78 is 16.5. The van der Waals surface area contributed by atoms with Crippen LogP contribution in [0.15, 0.2) is 78.4 Å². The van der Waals surface area contributed by atoms with E-state index in [9.17, 15) is 19.5 Å². The number of aliphatic hydroxyl groups is 1. The van der Waals surface area contributed by atoms with Crippen LogP contribution < -0.4 is 14.4 Å². The van der Waals surface area contributed by atoms with E-state index in [4.69, 9.17) is 14.2 Å². The molecule has 1 aliphatic heterocycles. The zero-order valence-electron chi connectivity index (χ0n) is 24.1. The molecule has 43 heavy (non-hydrogen) atoms. The third kappa shape index (κ3) is 5.87. The molecule has 1 aromatic heterocycles. The van der Waals surface area contributed by atoms with E-state index >= 15 is 0 Å². The summed E-state index contributed by atoms with van der Waals surface area (Å²) in [6.45, 7) is 5.89. The number of carbonyl (C=O) groups excluding carboxylic acids is 3. The minimum absolute atomic E-state index is 0.114. The number of aryl methyl sites for hydroxylation is 2. The Kier molecular flexibility index (Phi) is 8.58. The van der Waals surface area contributed by atoms with E-state index in [2.05, 4.69) is 4.98 Å². The number of rotatable bonds is 9. The fourth-order valence-corrected chi connectivity index (χ4v) is 5.81. The van der Waals surface area contributed by atoms with Gasteiger partial charge in [-0.3, -0.25) is 14.5 Å². The number of methoxy groups -OCH3 is 1. The van der Waals surface area contributed by atoms with Crippen LogP contribution in [0, 0.1) is 13.8 Å². The Morgan fingerprint density at radius 1 is 1.00 bits per heavy atom. The van der Waals surface area contributed by atoms with Crippen molar-refractivity contribution in [2.24, 2.45) is 0 Å². The van der Waals surface area contributed by atoms with Crippen LogP contribution in [-0.2, 0) is 20.9 Å². The summed E-state index contributed by atoms with van der Waals surface area (Å²) in [7, 11) is 1.51. The summed E-state index contributed by atoms with van der Waals surface area (Å²) in [5.41, 5.74) is 3.27. The minimum atomic E-state index is -1.03. The summed E-state index contributed by atoms with van der Waals surface area (Å²) >= 11 is 0.950. The van der Waals surface area contributed by atoms with Crippen molar-refractivity contribution in [2.75, 3.05) is 18.6 Å². The molecule has 1 fully saturated rings. The monoisotopic (exact) mass is 598 g/mol. The van der Waals surface area contributed by atoms with E-state index in [0.717, 1.165) is 22.5 Å². The second kappa shape index (κ2) is 12.5. The number of hydrogen-bond acceptors (Lipinski definition) is 9. The maximum Gasteiger partial charge on any atom is 0.350 e. The Labute approximate surface area is 253 Å². The minimum Gasteiger partial charge on any atom is -0.507 e. The normalized spacial score (nSPS) is 15.9. The zero-order valence-corrected chi connectivity index (χ0v) is 24.9. The first-order valence-corrected chi connectivity index (χ1v) is 14.4. The van der Waals surface area contributed by atoms with Gasteiger partial charge < -0.3 is 19.3 Å². The molecule has 1 atom stereocenters. The fourth-order valence-electron chi connectivity index (χ4n) is 4.83. The van der Waals surface area contributed by atoms with Gasteiger partial charge in [0.2, 0.25) is 0 Å². The van der Waals surface area contributed by atoms with Crippen LogP contribution in [0.2, 0.25) is 0 Å². The number of nitrogens with zero attached hydrogens (tertiary/aromatic N) is 2. The molecule has 4 aromatic rings. The zero-order chi connectivity index (χ0) is 30.7. The van der Waals surface area contributed by atoms with Crippen molar-refractivity contribution >= 4 is 39.9 Å². The molecule has 0 radical (unpaired) electrons. The van der Waals surface area contributed by atoms with E-state index in [1.54, 1.807) is 62.4 Å². The van der Waals surface area contributed by atoms with Gasteiger partial charge in [-0.2, -0.15) is 0 Å². The van der Waals surface area contributed by atoms with Gasteiger partial charge in [0, 0.05) is 5.56 Å². The van der Waals surface area contributed by atoms with Crippen LogP contribution >= 0.6 is 11.3 Å². The fraction of sp³-hybridized carbons (Fsp3) is 0.212. The lowest BCUT2D eigenvalue weighted by atomic mass is 9.95. The highest BCUT2D eigenvalue weighted by molar-refractivity contribution is 7.17. The number of benzene rings is 3. The molecule has 0 aliphatic carbocycles. The Balaban J connectivity index is 1.54. The molecule has 1 unspecified atom stereocenters. The van der Waals surface area contributed by atoms with Crippen molar-refractivity contribution in [1.29, 1.82) is 0 Å². The number of ether oxygens (including phenoxy) is 3. The molecule has 0 saturated carbocycles. The highest BCUT2D eigenvalue weighted by Crippen LogP contribution is 2.44.